The molecule has 1 unspecified atom stereocenters. The number of methoxy groups -OCH3 is 1. The van der Waals surface area contributed by atoms with Crippen LogP contribution in [0.25, 0.3) is 11.1 Å². The number of anilines is 1. The maximum atomic E-state index is 11.7. The van der Waals surface area contributed by atoms with Gasteiger partial charge in [-0.2, -0.15) is 0 Å². The third kappa shape index (κ3) is 4.35. The van der Waals surface area contributed by atoms with Crippen molar-refractivity contribution in [2.24, 2.45) is 5.14 Å². The minimum atomic E-state index is -3.66. The smallest absolute Gasteiger partial charge is 0.213 e. The number of benzene rings is 3. The number of primary sulfonamides is 1. The molecule has 3 aromatic rings. The van der Waals surface area contributed by atoms with Crippen LogP contribution in [0.15, 0.2) is 73.3 Å². The Morgan fingerprint density at radius 1 is 1.16 bits per heavy atom. The Hall–Kier alpha value is -3.29. The molecule has 32 heavy (non-hydrogen) atoms. The quantitative estimate of drug-likeness (QED) is 0.544. The van der Waals surface area contributed by atoms with Crippen molar-refractivity contribution in [2.75, 3.05) is 25.6 Å². The lowest BCUT2D eigenvalue weighted by Crippen LogP contribution is -2.19. The fraction of sp³-hybridized carbons (Fsp3) is 0.200. The van der Waals surface area contributed by atoms with E-state index in [4.69, 9.17) is 14.6 Å². The zero-order valence-corrected chi connectivity index (χ0v) is 18.9. The van der Waals surface area contributed by atoms with E-state index in [-0.39, 0.29) is 5.75 Å². The number of rotatable bonds is 7. The number of sulfonamides is 1. The fourth-order valence-corrected chi connectivity index (χ4v) is 4.71. The Kier molecular flexibility index (Phi) is 5.95. The lowest BCUT2D eigenvalue weighted by molar-refractivity contribution is 0.242. The Labute approximate surface area is 188 Å². The second-order valence-corrected chi connectivity index (χ2v) is 9.44. The molecule has 4 rings (SSSR count). The molecule has 0 fully saturated rings. The molecular weight excluding hydrogens is 424 g/mol. The van der Waals surface area contributed by atoms with E-state index >= 15 is 0 Å². The van der Waals surface area contributed by atoms with Crippen LogP contribution in [0.3, 0.4) is 0 Å². The van der Waals surface area contributed by atoms with Crippen LogP contribution >= 0.6 is 0 Å². The lowest BCUT2D eigenvalue weighted by Gasteiger charge is -2.31. The van der Waals surface area contributed by atoms with E-state index in [1.807, 2.05) is 67.7 Å². The maximum Gasteiger partial charge on any atom is 0.213 e. The zero-order chi connectivity index (χ0) is 22.9. The van der Waals surface area contributed by atoms with Crippen LogP contribution in [0.2, 0.25) is 0 Å². The molecule has 2 N–H and O–H groups in total. The van der Waals surface area contributed by atoms with Gasteiger partial charge in [0.2, 0.25) is 10.0 Å². The Morgan fingerprint density at radius 3 is 2.56 bits per heavy atom. The van der Waals surface area contributed by atoms with E-state index in [1.165, 1.54) is 0 Å². The number of nitrogens with zero attached hydrogens (tertiary/aromatic N) is 1. The van der Waals surface area contributed by atoms with Crippen molar-refractivity contribution >= 4 is 15.7 Å². The molecular formula is C25H26N2O4S. The summed E-state index contributed by atoms with van der Waals surface area (Å²) in [6.45, 7) is 4.53. The number of likely N-dealkylation sites (N-methyl/N-ethyl adjacent to an activating group) is 1. The van der Waals surface area contributed by atoms with Crippen LogP contribution in [-0.4, -0.2) is 29.1 Å². The first kappa shape index (κ1) is 21.9. The van der Waals surface area contributed by atoms with Gasteiger partial charge < -0.3 is 14.4 Å². The van der Waals surface area contributed by atoms with Crippen molar-refractivity contribution in [2.45, 2.75) is 11.9 Å². The van der Waals surface area contributed by atoms with E-state index < -0.39 is 16.1 Å². The monoisotopic (exact) mass is 450 g/mol. The molecule has 1 aliphatic heterocycles. The largest absolute Gasteiger partial charge is 0.496 e. The van der Waals surface area contributed by atoms with Crippen molar-refractivity contribution in [3.63, 3.8) is 0 Å². The lowest BCUT2D eigenvalue weighted by atomic mass is 9.88. The highest BCUT2D eigenvalue weighted by atomic mass is 32.2. The van der Waals surface area contributed by atoms with Crippen LogP contribution in [0.1, 0.15) is 22.8 Å². The second-order valence-electron chi connectivity index (χ2n) is 7.82. The van der Waals surface area contributed by atoms with Crippen molar-refractivity contribution in [3.8, 4) is 22.6 Å². The average Bonchev–Trinajstić information content (AvgIpc) is 2.77. The molecule has 0 aliphatic carbocycles. The highest BCUT2D eigenvalue weighted by Crippen LogP contribution is 2.49. The highest BCUT2D eigenvalue weighted by molar-refractivity contribution is 7.88. The second kappa shape index (κ2) is 8.68. The molecule has 1 aliphatic rings. The van der Waals surface area contributed by atoms with Gasteiger partial charge in [0.25, 0.3) is 0 Å². The van der Waals surface area contributed by atoms with Crippen LogP contribution < -0.4 is 19.5 Å². The summed E-state index contributed by atoms with van der Waals surface area (Å²) in [4.78, 5) is 2.09. The summed E-state index contributed by atoms with van der Waals surface area (Å²) in [5.74, 6) is 1.17. The number of fused-ring (bicyclic) bond motifs is 3. The van der Waals surface area contributed by atoms with Gasteiger partial charge in [-0.05, 0) is 41.0 Å². The van der Waals surface area contributed by atoms with Gasteiger partial charge in [0, 0.05) is 24.8 Å². The predicted octanol–water partition coefficient (Wildman–Crippen LogP) is 4.25. The predicted molar refractivity (Wildman–Crippen MR) is 128 cm³/mol. The van der Waals surface area contributed by atoms with Crippen molar-refractivity contribution in [1.82, 2.24) is 0 Å². The first-order valence-electron chi connectivity index (χ1n) is 10.2. The van der Waals surface area contributed by atoms with Crippen LogP contribution in [0, 0.1) is 0 Å². The first-order chi connectivity index (χ1) is 15.3. The fourth-order valence-electron chi connectivity index (χ4n) is 4.06. The summed E-state index contributed by atoms with van der Waals surface area (Å²) in [5.41, 5.74) is 5.30. The van der Waals surface area contributed by atoms with Crippen LogP contribution in [-0.2, 0) is 15.8 Å². The van der Waals surface area contributed by atoms with Gasteiger partial charge in [0.05, 0.1) is 18.4 Å². The molecule has 0 spiro atoms. The summed E-state index contributed by atoms with van der Waals surface area (Å²) in [7, 11) is -0.0335. The minimum absolute atomic E-state index is 0.239. The van der Waals surface area contributed by atoms with E-state index in [0.717, 1.165) is 34.5 Å². The molecule has 1 heterocycles. The highest BCUT2D eigenvalue weighted by Gasteiger charge is 2.30. The summed E-state index contributed by atoms with van der Waals surface area (Å²) in [6.07, 6.45) is 1.45. The normalized spacial score (nSPS) is 14.7. The number of ether oxygens (including phenoxy) is 2. The maximum absolute atomic E-state index is 11.7. The zero-order valence-electron chi connectivity index (χ0n) is 18.1. The topological polar surface area (TPSA) is 81.9 Å². The number of hydrogen-bond acceptors (Lipinski definition) is 5. The van der Waals surface area contributed by atoms with Crippen molar-refractivity contribution in [3.05, 3.63) is 90.0 Å². The van der Waals surface area contributed by atoms with E-state index in [0.29, 0.717) is 17.1 Å². The van der Waals surface area contributed by atoms with Crippen molar-refractivity contribution < 1.29 is 17.9 Å². The van der Waals surface area contributed by atoms with Gasteiger partial charge in [0.15, 0.2) is 0 Å². The van der Waals surface area contributed by atoms with E-state index in [2.05, 4.69) is 11.5 Å². The molecule has 7 heteroatoms. The average molecular weight is 451 g/mol. The molecule has 0 amide bonds. The van der Waals surface area contributed by atoms with Gasteiger partial charge in [-0.25, -0.2) is 13.6 Å². The van der Waals surface area contributed by atoms with Gasteiger partial charge in [-0.1, -0.05) is 42.5 Å². The standard InChI is InChI=1S/C25H26N2O4S/c1-4-14-27(2)19-11-9-18(10-12-19)25-21-15-17(16-32(26,28)29)8-13-20(21)24-22(30-3)6-5-7-23(24)31-25/h4-13,15,25H,1,14,16H2,2-3H3,(H2,26,28,29). The molecule has 0 saturated carbocycles. The third-order valence-electron chi connectivity index (χ3n) is 5.53. The molecule has 166 valence electrons. The first-order valence-corrected chi connectivity index (χ1v) is 11.9. The van der Waals surface area contributed by atoms with Crippen LogP contribution in [0.5, 0.6) is 11.5 Å². The summed E-state index contributed by atoms with van der Waals surface area (Å²) < 4.78 is 35.4. The van der Waals surface area contributed by atoms with Gasteiger partial charge in [-0.15, -0.1) is 6.58 Å². The van der Waals surface area contributed by atoms with Gasteiger partial charge in [0.1, 0.15) is 17.6 Å². The summed E-state index contributed by atoms with van der Waals surface area (Å²) in [6, 6.07) is 19.4. The number of hydrogen-bond donors (Lipinski definition) is 1. The number of nitrogens with two attached hydrogens (primary N) is 1. The summed E-state index contributed by atoms with van der Waals surface area (Å²) in [5, 5.41) is 5.29. The van der Waals surface area contributed by atoms with Crippen LogP contribution in [0.4, 0.5) is 5.69 Å². The summed E-state index contributed by atoms with van der Waals surface area (Å²) >= 11 is 0. The molecule has 1 atom stereocenters. The molecule has 0 aromatic heterocycles. The molecule has 6 nitrogen and oxygen atoms in total. The van der Waals surface area contributed by atoms with E-state index in [9.17, 15) is 8.42 Å². The Morgan fingerprint density at radius 2 is 1.91 bits per heavy atom. The van der Waals surface area contributed by atoms with Crippen molar-refractivity contribution in [1.29, 1.82) is 0 Å². The molecule has 0 bridgehead atoms. The Balaban J connectivity index is 1.82. The third-order valence-corrected chi connectivity index (χ3v) is 6.26. The van der Waals surface area contributed by atoms with E-state index in [1.54, 1.807) is 13.2 Å². The molecule has 0 radical (unpaired) electrons. The molecule has 0 saturated heterocycles. The SMILES string of the molecule is C=CCN(C)c1ccc(C2Oc3cccc(OC)c3-c3ccc(CS(N)(=O)=O)cc32)cc1. The van der Waals surface area contributed by atoms with Gasteiger partial charge in [-0.3, -0.25) is 0 Å². The Bertz CT molecular complexity index is 1250. The minimum Gasteiger partial charge on any atom is -0.496 e. The molecule has 3 aromatic carbocycles. The van der Waals surface area contributed by atoms with Gasteiger partial charge >= 0.3 is 0 Å².